The second-order valence-corrected chi connectivity index (χ2v) is 3.59. The van der Waals surface area contributed by atoms with Crippen molar-refractivity contribution in [1.29, 1.82) is 0 Å². The molecule has 0 radical (unpaired) electrons. The molecule has 4 nitrogen and oxygen atoms in total. The number of hydrogen-bond acceptors (Lipinski definition) is 3. The number of aliphatic hydroxyl groups is 1. The lowest BCUT2D eigenvalue weighted by Crippen LogP contribution is -2.19. The van der Waals surface area contributed by atoms with E-state index in [1.165, 1.54) is 4.90 Å². The number of hydrogen-bond donors (Lipinski definition) is 1. The van der Waals surface area contributed by atoms with Crippen LogP contribution in [0.4, 0.5) is 11.4 Å². The molecule has 0 saturated carbocycles. The quantitative estimate of drug-likeness (QED) is 0.746. The van der Waals surface area contributed by atoms with Crippen molar-refractivity contribution in [3.05, 3.63) is 23.8 Å². The van der Waals surface area contributed by atoms with Gasteiger partial charge in [0.2, 0.25) is 6.41 Å². The van der Waals surface area contributed by atoms with E-state index >= 15 is 0 Å². The van der Waals surface area contributed by atoms with E-state index in [9.17, 15) is 4.79 Å². The van der Waals surface area contributed by atoms with E-state index in [1.54, 1.807) is 7.05 Å². The van der Waals surface area contributed by atoms with Crippen molar-refractivity contribution in [2.24, 2.45) is 0 Å². The smallest absolute Gasteiger partial charge is 0.213 e. The average molecular weight is 208 g/mol. The number of aliphatic hydroxyl groups excluding tert-OH is 1. The normalized spacial score (nSPS) is 9.87. The molecule has 0 fully saturated rings. The molecule has 1 amide bonds. The van der Waals surface area contributed by atoms with Crippen molar-refractivity contribution in [3.8, 4) is 0 Å². The topological polar surface area (TPSA) is 43.8 Å². The molecule has 4 heteroatoms. The standard InChI is InChI=1S/C11H16N2O2/c1-12(2)10-5-4-9(7-14)6-11(10)13(3)8-15/h4-6,8,14H,7H2,1-3H3. The molecule has 15 heavy (non-hydrogen) atoms. The molecule has 1 N–H and O–H groups in total. The van der Waals surface area contributed by atoms with Crippen LogP contribution >= 0.6 is 0 Å². The van der Waals surface area contributed by atoms with E-state index in [0.717, 1.165) is 23.3 Å². The Bertz CT molecular complexity index is 350. The molecule has 0 aliphatic carbocycles. The summed E-state index contributed by atoms with van der Waals surface area (Å²) in [7, 11) is 5.52. The average Bonchev–Trinajstić information content (AvgIpc) is 2.26. The van der Waals surface area contributed by atoms with Gasteiger partial charge in [-0.3, -0.25) is 4.79 Å². The highest BCUT2D eigenvalue weighted by Gasteiger charge is 2.09. The van der Waals surface area contributed by atoms with Crippen molar-refractivity contribution < 1.29 is 9.90 Å². The van der Waals surface area contributed by atoms with Gasteiger partial charge >= 0.3 is 0 Å². The minimum absolute atomic E-state index is 0.0204. The summed E-state index contributed by atoms with van der Waals surface area (Å²) in [5, 5.41) is 9.03. The molecule has 0 atom stereocenters. The van der Waals surface area contributed by atoms with Gasteiger partial charge in [0.15, 0.2) is 0 Å². The summed E-state index contributed by atoms with van der Waals surface area (Å²) in [6.45, 7) is -0.0204. The van der Waals surface area contributed by atoms with Crippen LogP contribution in [0, 0.1) is 0 Å². The van der Waals surface area contributed by atoms with Gasteiger partial charge in [0.1, 0.15) is 0 Å². The fraction of sp³-hybridized carbons (Fsp3) is 0.364. The zero-order chi connectivity index (χ0) is 11.4. The first-order valence-corrected chi connectivity index (χ1v) is 4.69. The van der Waals surface area contributed by atoms with E-state index < -0.39 is 0 Å². The number of anilines is 2. The lowest BCUT2D eigenvalue weighted by Gasteiger charge is -2.22. The lowest BCUT2D eigenvalue weighted by molar-refractivity contribution is -0.107. The fourth-order valence-corrected chi connectivity index (χ4v) is 1.38. The zero-order valence-electron chi connectivity index (χ0n) is 9.27. The maximum atomic E-state index is 10.7. The Morgan fingerprint density at radius 2 is 1.93 bits per heavy atom. The monoisotopic (exact) mass is 208 g/mol. The minimum Gasteiger partial charge on any atom is -0.392 e. The molecule has 1 rings (SSSR count). The van der Waals surface area contributed by atoms with Crippen LogP contribution in [0.25, 0.3) is 0 Å². The molecular weight excluding hydrogens is 192 g/mol. The van der Waals surface area contributed by atoms with E-state index in [1.807, 2.05) is 37.2 Å². The van der Waals surface area contributed by atoms with Gasteiger partial charge in [0.05, 0.1) is 18.0 Å². The van der Waals surface area contributed by atoms with Crippen molar-refractivity contribution in [1.82, 2.24) is 0 Å². The molecule has 1 aromatic rings. The third-order valence-electron chi connectivity index (χ3n) is 2.24. The summed E-state index contributed by atoms with van der Waals surface area (Å²) in [6, 6.07) is 5.54. The lowest BCUT2D eigenvalue weighted by atomic mass is 10.1. The third-order valence-corrected chi connectivity index (χ3v) is 2.24. The summed E-state index contributed by atoms with van der Waals surface area (Å²) in [5.41, 5.74) is 2.53. The van der Waals surface area contributed by atoms with E-state index in [-0.39, 0.29) is 6.61 Å². The Hall–Kier alpha value is -1.55. The van der Waals surface area contributed by atoms with Crippen LogP contribution in [0.5, 0.6) is 0 Å². The van der Waals surface area contributed by atoms with Crippen molar-refractivity contribution in [2.75, 3.05) is 30.9 Å². The van der Waals surface area contributed by atoms with Gasteiger partial charge in [0, 0.05) is 21.1 Å². The second kappa shape index (κ2) is 4.79. The molecule has 0 unspecified atom stereocenters. The molecule has 0 bridgehead atoms. The van der Waals surface area contributed by atoms with Gasteiger partial charge in [-0.15, -0.1) is 0 Å². The maximum absolute atomic E-state index is 10.7. The number of rotatable bonds is 4. The number of nitrogens with zero attached hydrogens (tertiary/aromatic N) is 2. The van der Waals surface area contributed by atoms with Gasteiger partial charge < -0.3 is 14.9 Å². The Kier molecular flexibility index (Phi) is 3.68. The number of carbonyl (C=O) groups excluding carboxylic acids is 1. The van der Waals surface area contributed by atoms with Gasteiger partial charge in [-0.1, -0.05) is 6.07 Å². The SMILES string of the molecule is CN(C)c1ccc(CO)cc1N(C)C=O. The predicted octanol–water partition coefficient (Wildman–Crippen LogP) is 0.837. The molecule has 0 spiro atoms. The van der Waals surface area contributed by atoms with Crippen LogP contribution in [0.2, 0.25) is 0 Å². The van der Waals surface area contributed by atoms with Gasteiger partial charge in [-0.05, 0) is 17.7 Å². The van der Waals surface area contributed by atoms with Crippen LogP contribution in [0.15, 0.2) is 18.2 Å². The summed E-state index contributed by atoms with van der Waals surface area (Å²) in [6.07, 6.45) is 0.753. The summed E-state index contributed by atoms with van der Waals surface area (Å²) in [4.78, 5) is 14.1. The second-order valence-electron chi connectivity index (χ2n) is 3.59. The first-order chi connectivity index (χ1) is 7.10. The van der Waals surface area contributed by atoms with Gasteiger partial charge in [0.25, 0.3) is 0 Å². The van der Waals surface area contributed by atoms with Gasteiger partial charge in [-0.2, -0.15) is 0 Å². The molecule has 0 aliphatic rings. The molecule has 1 aromatic carbocycles. The predicted molar refractivity (Wildman–Crippen MR) is 61.2 cm³/mol. The van der Waals surface area contributed by atoms with Crippen molar-refractivity contribution >= 4 is 17.8 Å². The highest BCUT2D eigenvalue weighted by Crippen LogP contribution is 2.27. The maximum Gasteiger partial charge on any atom is 0.213 e. The van der Waals surface area contributed by atoms with Crippen molar-refractivity contribution in [3.63, 3.8) is 0 Å². The van der Waals surface area contributed by atoms with Crippen LogP contribution in [-0.2, 0) is 11.4 Å². The summed E-state index contributed by atoms with van der Waals surface area (Å²) >= 11 is 0. The molecule has 0 saturated heterocycles. The van der Waals surface area contributed by atoms with E-state index in [0.29, 0.717) is 0 Å². The fourth-order valence-electron chi connectivity index (χ4n) is 1.38. The van der Waals surface area contributed by atoms with E-state index in [2.05, 4.69) is 0 Å². The molecule has 82 valence electrons. The zero-order valence-corrected chi connectivity index (χ0v) is 9.27. The summed E-state index contributed by atoms with van der Waals surface area (Å²) in [5.74, 6) is 0. The largest absolute Gasteiger partial charge is 0.392 e. The molecule has 0 heterocycles. The third kappa shape index (κ3) is 2.47. The number of benzene rings is 1. The number of carbonyl (C=O) groups is 1. The van der Waals surface area contributed by atoms with Crippen LogP contribution in [0.1, 0.15) is 5.56 Å². The van der Waals surface area contributed by atoms with Gasteiger partial charge in [-0.25, -0.2) is 0 Å². The summed E-state index contributed by atoms with van der Waals surface area (Å²) < 4.78 is 0. The first-order valence-electron chi connectivity index (χ1n) is 4.69. The molecule has 0 aromatic heterocycles. The van der Waals surface area contributed by atoms with E-state index in [4.69, 9.17) is 5.11 Å². The highest BCUT2D eigenvalue weighted by molar-refractivity contribution is 5.83. The Labute approximate surface area is 89.7 Å². The minimum atomic E-state index is -0.0204. The Morgan fingerprint density at radius 3 is 2.40 bits per heavy atom. The van der Waals surface area contributed by atoms with Crippen molar-refractivity contribution in [2.45, 2.75) is 6.61 Å². The van der Waals surface area contributed by atoms with Crippen LogP contribution in [0.3, 0.4) is 0 Å². The van der Waals surface area contributed by atoms with Crippen LogP contribution < -0.4 is 9.80 Å². The van der Waals surface area contributed by atoms with Crippen LogP contribution in [-0.4, -0.2) is 32.7 Å². The molecular formula is C11H16N2O2. The number of amides is 1. The molecule has 0 aliphatic heterocycles. The Morgan fingerprint density at radius 1 is 1.27 bits per heavy atom. The first kappa shape index (κ1) is 11.5. The highest BCUT2D eigenvalue weighted by atomic mass is 16.3. The Balaban J connectivity index is 3.22.